The van der Waals surface area contributed by atoms with Crippen LogP contribution in [-0.4, -0.2) is 7.05 Å². The Kier molecular flexibility index (Phi) is 3.79. The molecule has 1 heterocycles. The second-order valence-corrected chi connectivity index (χ2v) is 7.38. The van der Waals surface area contributed by atoms with Crippen LogP contribution in [0.1, 0.15) is 33.7 Å². The molecule has 1 aromatic carbocycles. The van der Waals surface area contributed by atoms with Crippen molar-refractivity contribution in [1.29, 1.82) is 0 Å². The maximum Gasteiger partial charge on any atom is 0.0447 e. The minimum absolute atomic E-state index is 0.486. The third-order valence-electron chi connectivity index (χ3n) is 3.99. The van der Waals surface area contributed by atoms with Crippen molar-refractivity contribution in [3.05, 3.63) is 56.2 Å². The molecule has 2 aromatic rings. The highest BCUT2D eigenvalue weighted by Crippen LogP contribution is 2.55. The van der Waals surface area contributed by atoms with Crippen LogP contribution in [0.5, 0.6) is 0 Å². The normalized spacial score (nSPS) is 23.3. The zero-order chi connectivity index (χ0) is 13.4. The van der Waals surface area contributed by atoms with Gasteiger partial charge in [0.15, 0.2) is 0 Å². The fraction of sp³-hybridized carbons (Fsp3) is 0.375. The molecule has 1 fully saturated rings. The number of hydrogen-bond acceptors (Lipinski definition) is 2. The Morgan fingerprint density at radius 2 is 2.05 bits per heavy atom. The molecular formula is C16H18BrNS. The first-order valence-electron chi connectivity index (χ1n) is 6.68. The molecule has 3 unspecified atom stereocenters. The Morgan fingerprint density at radius 1 is 1.32 bits per heavy atom. The van der Waals surface area contributed by atoms with Crippen LogP contribution < -0.4 is 5.32 Å². The van der Waals surface area contributed by atoms with E-state index in [4.69, 9.17) is 0 Å². The van der Waals surface area contributed by atoms with Gasteiger partial charge in [0.25, 0.3) is 0 Å². The smallest absolute Gasteiger partial charge is 0.0447 e. The molecule has 0 bridgehead atoms. The van der Waals surface area contributed by atoms with E-state index in [1.807, 2.05) is 11.3 Å². The summed E-state index contributed by atoms with van der Waals surface area (Å²) in [5.74, 6) is 1.46. The zero-order valence-electron chi connectivity index (χ0n) is 11.2. The lowest BCUT2D eigenvalue weighted by molar-refractivity contribution is 0.526. The van der Waals surface area contributed by atoms with Crippen LogP contribution >= 0.6 is 27.3 Å². The molecule has 1 saturated carbocycles. The van der Waals surface area contributed by atoms with Crippen LogP contribution in [0.2, 0.25) is 0 Å². The molecular weight excluding hydrogens is 318 g/mol. The highest BCUT2D eigenvalue weighted by molar-refractivity contribution is 9.10. The van der Waals surface area contributed by atoms with E-state index in [1.54, 1.807) is 0 Å². The first-order chi connectivity index (χ1) is 9.20. The monoisotopic (exact) mass is 335 g/mol. The average Bonchev–Trinajstić information content (AvgIpc) is 3.13. The van der Waals surface area contributed by atoms with Gasteiger partial charge in [-0.1, -0.05) is 30.3 Å². The molecule has 3 rings (SSSR count). The summed E-state index contributed by atoms with van der Waals surface area (Å²) in [6.45, 7) is 2.17. The van der Waals surface area contributed by atoms with Gasteiger partial charge in [0.1, 0.15) is 0 Å². The standard InChI is InChI=1S/C16H18BrNS/c1-10-14(17)9-15(19-10)16(18-2)13-8-12(13)11-6-4-3-5-7-11/h3-7,9,12-13,16,18H,8H2,1-2H3. The van der Waals surface area contributed by atoms with E-state index in [-0.39, 0.29) is 0 Å². The number of nitrogens with one attached hydrogen (secondary N) is 1. The van der Waals surface area contributed by atoms with Gasteiger partial charge in [0, 0.05) is 20.3 Å². The fourth-order valence-electron chi connectivity index (χ4n) is 2.87. The summed E-state index contributed by atoms with van der Waals surface area (Å²) < 4.78 is 1.24. The van der Waals surface area contributed by atoms with Gasteiger partial charge < -0.3 is 5.32 Å². The van der Waals surface area contributed by atoms with Crippen molar-refractivity contribution >= 4 is 27.3 Å². The molecule has 3 heteroatoms. The maximum atomic E-state index is 3.63. The number of benzene rings is 1. The third-order valence-corrected chi connectivity index (χ3v) is 6.21. The van der Waals surface area contributed by atoms with Crippen LogP contribution in [0, 0.1) is 12.8 Å². The molecule has 0 spiro atoms. The summed E-state index contributed by atoms with van der Waals surface area (Å²) in [7, 11) is 2.08. The fourth-order valence-corrected chi connectivity index (χ4v) is 4.62. The molecule has 0 aliphatic heterocycles. The highest BCUT2D eigenvalue weighted by Gasteiger charge is 2.44. The van der Waals surface area contributed by atoms with Gasteiger partial charge in [-0.15, -0.1) is 11.3 Å². The van der Waals surface area contributed by atoms with Crippen LogP contribution in [0.4, 0.5) is 0 Å². The Balaban J connectivity index is 1.78. The van der Waals surface area contributed by atoms with Crippen LogP contribution in [0.15, 0.2) is 40.9 Å². The lowest BCUT2D eigenvalue weighted by atomic mass is 10.0. The maximum absolute atomic E-state index is 3.63. The van der Waals surface area contributed by atoms with Crippen molar-refractivity contribution in [3.8, 4) is 0 Å². The lowest BCUT2D eigenvalue weighted by Gasteiger charge is -2.14. The number of hydrogen-bond donors (Lipinski definition) is 1. The van der Waals surface area contributed by atoms with Gasteiger partial charge in [0.05, 0.1) is 0 Å². The van der Waals surface area contributed by atoms with E-state index < -0.39 is 0 Å². The van der Waals surface area contributed by atoms with Gasteiger partial charge in [-0.2, -0.15) is 0 Å². The lowest BCUT2D eigenvalue weighted by Crippen LogP contribution is -2.17. The van der Waals surface area contributed by atoms with E-state index in [2.05, 4.69) is 71.6 Å². The minimum atomic E-state index is 0.486. The first kappa shape index (κ1) is 13.3. The summed E-state index contributed by atoms with van der Waals surface area (Å²) in [5, 5.41) is 3.51. The van der Waals surface area contributed by atoms with E-state index in [0.717, 1.165) is 11.8 Å². The summed E-state index contributed by atoms with van der Waals surface area (Å²) in [6, 6.07) is 13.7. The number of aryl methyl sites for hydroxylation is 1. The number of rotatable bonds is 4. The second kappa shape index (κ2) is 5.39. The van der Waals surface area contributed by atoms with Gasteiger partial charge in [-0.05, 0) is 59.8 Å². The third kappa shape index (κ3) is 2.64. The highest BCUT2D eigenvalue weighted by atomic mass is 79.9. The predicted octanol–water partition coefficient (Wildman–Crippen LogP) is 4.88. The molecule has 100 valence electrons. The van der Waals surface area contributed by atoms with Gasteiger partial charge in [0.2, 0.25) is 0 Å². The molecule has 0 amide bonds. The summed E-state index contributed by atoms with van der Waals surface area (Å²) >= 11 is 5.53. The van der Waals surface area contributed by atoms with E-state index in [9.17, 15) is 0 Å². The quantitative estimate of drug-likeness (QED) is 0.839. The molecule has 19 heavy (non-hydrogen) atoms. The van der Waals surface area contributed by atoms with E-state index in [1.165, 1.54) is 26.2 Å². The topological polar surface area (TPSA) is 12.0 Å². The Morgan fingerprint density at radius 3 is 2.63 bits per heavy atom. The van der Waals surface area contributed by atoms with Crippen molar-refractivity contribution < 1.29 is 0 Å². The second-order valence-electron chi connectivity index (χ2n) is 5.24. The van der Waals surface area contributed by atoms with Crippen molar-refractivity contribution in [2.75, 3.05) is 7.05 Å². The van der Waals surface area contributed by atoms with E-state index >= 15 is 0 Å². The predicted molar refractivity (Wildman–Crippen MR) is 85.8 cm³/mol. The number of thiophene rings is 1. The molecule has 1 nitrogen and oxygen atoms in total. The average molecular weight is 336 g/mol. The SMILES string of the molecule is CNC(c1cc(Br)c(C)s1)C1CC1c1ccccc1. The zero-order valence-corrected chi connectivity index (χ0v) is 13.6. The number of halogens is 1. The Labute approximate surface area is 127 Å². The molecule has 0 saturated heterocycles. The van der Waals surface area contributed by atoms with Gasteiger partial charge >= 0.3 is 0 Å². The van der Waals surface area contributed by atoms with Crippen LogP contribution in [0.3, 0.4) is 0 Å². The largest absolute Gasteiger partial charge is 0.312 e. The molecule has 1 aliphatic rings. The van der Waals surface area contributed by atoms with Crippen molar-refractivity contribution in [2.45, 2.75) is 25.3 Å². The van der Waals surface area contributed by atoms with Crippen molar-refractivity contribution in [3.63, 3.8) is 0 Å². The molecule has 1 N–H and O–H groups in total. The van der Waals surface area contributed by atoms with Crippen LogP contribution in [-0.2, 0) is 0 Å². The van der Waals surface area contributed by atoms with Crippen molar-refractivity contribution in [1.82, 2.24) is 5.32 Å². The summed E-state index contributed by atoms with van der Waals surface area (Å²) in [5.41, 5.74) is 1.49. The summed E-state index contributed by atoms with van der Waals surface area (Å²) in [6.07, 6.45) is 1.30. The van der Waals surface area contributed by atoms with Gasteiger partial charge in [-0.25, -0.2) is 0 Å². The van der Waals surface area contributed by atoms with Gasteiger partial charge in [-0.3, -0.25) is 0 Å². The molecule has 0 radical (unpaired) electrons. The molecule has 1 aromatic heterocycles. The molecule has 3 atom stereocenters. The minimum Gasteiger partial charge on any atom is -0.312 e. The molecule has 1 aliphatic carbocycles. The first-order valence-corrected chi connectivity index (χ1v) is 8.29. The summed E-state index contributed by atoms with van der Waals surface area (Å²) in [4.78, 5) is 2.82. The van der Waals surface area contributed by atoms with Crippen molar-refractivity contribution in [2.24, 2.45) is 5.92 Å². The Bertz CT molecular complexity index is 544. The van der Waals surface area contributed by atoms with Crippen LogP contribution in [0.25, 0.3) is 0 Å². The Hall–Kier alpha value is -0.640. The van der Waals surface area contributed by atoms with E-state index in [0.29, 0.717) is 6.04 Å².